The molecule has 2 aliphatic rings. The first-order chi connectivity index (χ1) is 10.8. The summed E-state index contributed by atoms with van der Waals surface area (Å²) in [5.41, 5.74) is 1.41. The normalized spacial score (nSPS) is 20.2. The molecule has 22 heavy (non-hydrogen) atoms. The van der Waals surface area contributed by atoms with Crippen molar-refractivity contribution in [3.05, 3.63) is 29.8 Å². The number of piperidine rings is 1. The van der Waals surface area contributed by atoms with Crippen LogP contribution in [0.4, 0.5) is 0 Å². The molecule has 0 radical (unpaired) electrons. The zero-order valence-electron chi connectivity index (χ0n) is 13.9. The maximum absolute atomic E-state index is 5.81. The number of ether oxygens (including phenoxy) is 1. The van der Waals surface area contributed by atoms with Crippen molar-refractivity contribution in [1.82, 2.24) is 10.2 Å². The molecule has 0 unspecified atom stereocenters. The van der Waals surface area contributed by atoms with Crippen LogP contribution in [0.3, 0.4) is 0 Å². The Morgan fingerprint density at radius 3 is 2.41 bits per heavy atom. The average Bonchev–Trinajstić information content (AvgIpc) is 3.38. The fraction of sp³-hybridized carbons (Fsp3) is 0.684. The Morgan fingerprint density at radius 2 is 1.77 bits per heavy atom. The summed E-state index contributed by atoms with van der Waals surface area (Å²) in [5, 5.41) is 3.48. The summed E-state index contributed by atoms with van der Waals surface area (Å²) in [5.74, 6) is 2.72. The van der Waals surface area contributed by atoms with E-state index in [2.05, 4.69) is 41.4 Å². The third-order valence-electron chi connectivity index (χ3n) is 4.90. The molecule has 1 aromatic rings. The second kappa shape index (κ2) is 7.98. The van der Waals surface area contributed by atoms with E-state index in [1.165, 1.54) is 50.9 Å². The van der Waals surface area contributed by atoms with Crippen molar-refractivity contribution in [3.8, 4) is 5.75 Å². The third kappa shape index (κ3) is 4.99. The van der Waals surface area contributed by atoms with Crippen LogP contribution in [-0.2, 0) is 6.54 Å². The van der Waals surface area contributed by atoms with Gasteiger partial charge in [0.1, 0.15) is 5.75 Å². The van der Waals surface area contributed by atoms with Crippen molar-refractivity contribution in [2.75, 3.05) is 32.8 Å². The molecule has 1 aliphatic carbocycles. The molecular formula is C19H30N2O. The molecule has 3 heteroatoms. The van der Waals surface area contributed by atoms with E-state index in [0.29, 0.717) is 0 Å². The summed E-state index contributed by atoms with van der Waals surface area (Å²) in [6.07, 6.45) is 5.36. The molecule has 1 heterocycles. The molecule has 1 aliphatic heterocycles. The minimum absolute atomic E-state index is 0.822. The number of nitrogens with zero attached hydrogens (tertiary/aromatic N) is 1. The SMILES string of the molecule is CCNCC1CCN(Cc2ccc(OCC3CC3)cc2)CC1. The van der Waals surface area contributed by atoms with Gasteiger partial charge in [-0.05, 0) is 81.4 Å². The molecule has 1 saturated heterocycles. The van der Waals surface area contributed by atoms with Crippen molar-refractivity contribution < 1.29 is 4.74 Å². The van der Waals surface area contributed by atoms with Crippen LogP contribution in [0.1, 0.15) is 38.2 Å². The summed E-state index contributed by atoms with van der Waals surface area (Å²) in [6, 6.07) is 8.73. The van der Waals surface area contributed by atoms with Gasteiger partial charge in [-0.2, -0.15) is 0 Å². The molecule has 1 saturated carbocycles. The number of rotatable bonds is 8. The molecule has 0 spiro atoms. The molecule has 0 bridgehead atoms. The number of likely N-dealkylation sites (tertiary alicyclic amines) is 1. The van der Waals surface area contributed by atoms with Crippen molar-refractivity contribution in [3.63, 3.8) is 0 Å². The van der Waals surface area contributed by atoms with Crippen LogP contribution in [0.5, 0.6) is 5.75 Å². The van der Waals surface area contributed by atoms with E-state index >= 15 is 0 Å². The lowest BCUT2D eigenvalue weighted by molar-refractivity contribution is 0.176. The highest BCUT2D eigenvalue weighted by atomic mass is 16.5. The Hall–Kier alpha value is -1.06. The Morgan fingerprint density at radius 1 is 1.05 bits per heavy atom. The molecular weight excluding hydrogens is 272 g/mol. The van der Waals surface area contributed by atoms with Gasteiger partial charge in [0, 0.05) is 6.54 Å². The lowest BCUT2D eigenvalue weighted by atomic mass is 9.96. The van der Waals surface area contributed by atoms with Crippen LogP contribution in [-0.4, -0.2) is 37.7 Å². The van der Waals surface area contributed by atoms with E-state index < -0.39 is 0 Å². The Balaban J connectivity index is 1.39. The highest BCUT2D eigenvalue weighted by Gasteiger charge is 2.22. The van der Waals surface area contributed by atoms with Crippen molar-refractivity contribution in [1.29, 1.82) is 0 Å². The number of hydrogen-bond donors (Lipinski definition) is 1. The van der Waals surface area contributed by atoms with Gasteiger partial charge in [-0.15, -0.1) is 0 Å². The maximum Gasteiger partial charge on any atom is 0.119 e. The van der Waals surface area contributed by atoms with E-state index in [0.717, 1.165) is 37.3 Å². The van der Waals surface area contributed by atoms with E-state index in [1.54, 1.807) is 0 Å². The zero-order chi connectivity index (χ0) is 15.2. The average molecular weight is 302 g/mol. The second-order valence-corrected chi connectivity index (χ2v) is 6.93. The fourth-order valence-corrected chi connectivity index (χ4v) is 3.15. The van der Waals surface area contributed by atoms with Crippen molar-refractivity contribution >= 4 is 0 Å². The van der Waals surface area contributed by atoms with Gasteiger partial charge in [-0.25, -0.2) is 0 Å². The summed E-state index contributed by atoms with van der Waals surface area (Å²) < 4.78 is 5.81. The van der Waals surface area contributed by atoms with Crippen LogP contribution in [0.25, 0.3) is 0 Å². The van der Waals surface area contributed by atoms with E-state index in [4.69, 9.17) is 4.74 Å². The first kappa shape index (κ1) is 15.8. The number of hydrogen-bond acceptors (Lipinski definition) is 3. The van der Waals surface area contributed by atoms with Crippen molar-refractivity contribution in [2.24, 2.45) is 11.8 Å². The molecule has 122 valence electrons. The van der Waals surface area contributed by atoms with Gasteiger partial charge in [-0.1, -0.05) is 19.1 Å². The minimum atomic E-state index is 0.822. The van der Waals surface area contributed by atoms with Crippen LogP contribution in [0.15, 0.2) is 24.3 Å². The minimum Gasteiger partial charge on any atom is -0.493 e. The fourth-order valence-electron chi connectivity index (χ4n) is 3.15. The Kier molecular flexibility index (Phi) is 5.74. The smallest absolute Gasteiger partial charge is 0.119 e. The monoisotopic (exact) mass is 302 g/mol. The van der Waals surface area contributed by atoms with Gasteiger partial charge in [0.15, 0.2) is 0 Å². The predicted molar refractivity (Wildman–Crippen MR) is 91.2 cm³/mol. The molecule has 3 rings (SSSR count). The highest BCUT2D eigenvalue weighted by molar-refractivity contribution is 5.27. The quantitative estimate of drug-likeness (QED) is 0.797. The number of benzene rings is 1. The number of nitrogens with one attached hydrogen (secondary N) is 1. The van der Waals surface area contributed by atoms with Crippen molar-refractivity contribution in [2.45, 2.75) is 39.2 Å². The largest absolute Gasteiger partial charge is 0.493 e. The third-order valence-corrected chi connectivity index (χ3v) is 4.90. The zero-order valence-corrected chi connectivity index (χ0v) is 13.9. The van der Waals surface area contributed by atoms with Gasteiger partial charge in [-0.3, -0.25) is 4.90 Å². The van der Waals surface area contributed by atoms with E-state index in [-0.39, 0.29) is 0 Å². The maximum atomic E-state index is 5.81. The second-order valence-electron chi connectivity index (χ2n) is 6.93. The Labute approximate surface area is 135 Å². The van der Waals surface area contributed by atoms with Crippen LogP contribution in [0, 0.1) is 11.8 Å². The summed E-state index contributed by atoms with van der Waals surface area (Å²) in [6.45, 7) is 8.92. The molecule has 0 atom stereocenters. The molecule has 0 aromatic heterocycles. The standard InChI is InChI=1S/C19H30N2O/c1-2-20-13-16-9-11-21(12-10-16)14-17-5-7-19(8-6-17)22-15-18-3-4-18/h5-8,16,18,20H,2-4,9-15H2,1H3. The van der Waals surface area contributed by atoms with Crippen LogP contribution < -0.4 is 10.1 Å². The Bertz CT molecular complexity index is 433. The predicted octanol–water partition coefficient (Wildman–Crippen LogP) is 3.30. The first-order valence-electron chi connectivity index (χ1n) is 8.98. The van der Waals surface area contributed by atoms with Gasteiger partial charge in [0.2, 0.25) is 0 Å². The van der Waals surface area contributed by atoms with Crippen LogP contribution >= 0.6 is 0 Å². The molecule has 1 N–H and O–H groups in total. The summed E-state index contributed by atoms with van der Waals surface area (Å²) >= 11 is 0. The van der Waals surface area contributed by atoms with E-state index in [1.807, 2.05) is 0 Å². The molecule has 0 amide bonds. The van der Waals surface area contributed by atoms with Crippen LogP contribution in [0.2, 0.25) is 0 Å². The van der Waals surface area contributed by atoms with E-state index in [9.17, 15) is 0 Å². The van der Waals surface area contributed by atoms with Gasteiger partial charge in [0.25, 0.3) is 0 Å². The van der Waals surface area contributed by atoms with Gasteiger partial charge < -0.3 is 10.1 Å². The molecule has 3 nitrogen and oxygen atoms in total. The molecule has 1 aromatic carbocycles. The topological polar surface area (TPSA) is 24.5 Å². The van der Waals surface area contributed by atoms with Gasteiger partial charge >= 0.3 is 0 Å². The highest BCUT2D eigenvalue weighted by Crippen LogP contribution is 2.29. The lowest BCUT2D eigenvalue weighted by Gasteiger charge is -2.32. The lowest BCUT2D eigenvalue weighted by Crippen LogP contribution is -2.36. The summed E-state index contributed by atoms with van der Waals surface area (Å²) in [4.78, 5) is 2.59. The first-order valence-corrected chi connectivity index (χ1v) is 8.98. The molecule has 2 fully saturated rings. The van der Waals surface area contributed by atoms with Gasteiger partial charge in [0.05, 0.1) is 6.61 Å². The summed E-state index contributed by atoms with van der Waals surface area (Å²) in [7, 11) is 0.